The number of rotatable bonds is 8. The van der Waals surface area contributed by atoms with E-state index in [1.807, 2.05) is 18.2 Å². The Morgan fingerprint density at radius 2 is 1.75 bits per heavy atom. The number of carbonyl (C=O) groups is 2. The largest absolute Gasteiger partial charge is 0.493 e. The fourth-order valence-electron chi connectivity index (χ4n) is 3.31. The maximum absolute atomic E-state index is 12.6. The van der Waals surface area contributed by atoms with Crippen molar-refractivity contribution in [3.63, 3.8) is 0 Å². The lowest BCUT2D eigenvalue weighted by Gasteiger charge is -2.09. The zero-order chi connectivity index (χ0) is 22.6. The third-order valence-corrected chi connectivity index (χ3v) is 6.43. The predicted octanol–water partition coefficient (Wildman–Crippen LogP) is 3.14. The number of Topliss-reactive ketones (excluding diaryl/α,β-unsaturated/α-hetero) is 1. The van der Waals surface area contributed by atoms with Crippen LogP contribution in [0.3, 0.4) is 0 Å². The highest BCUT2D eigenvalue weighted by Gasteiger charge is 2.19. The Balaban J connectivity index is 1.39. The SMILES string of the molecule is O=C(COC(=O)c1cccc(S(=O)(=O)NCc2ccccc2)c1)c1ccc2c(c1)CCO2. The molecule has 3 aromatic carbocycles. The van der Waals surface area contributed by atoms with Crippen molar-refractivity contribution in [3.8, 4) is 5.75 Å². The average molecular weight is 452 g/mol. The minimum Gasteiger partial charge on any atom is -0.493 e. The molecule has 1 N–H and O–H groups in total. The van der Waals surface area contributed by atoms with Crippen LogP contribution in [0.1, 0.15) is 31.8 Å². The molecule has 0 spiro atoms. The van der Waals surface area contributed by atoms with Crippen molar-refractivity contribution in [2.75, 3.05) is 13.2 Å². The normalized spacial score (nSPS) is 12.6. The number of sulfonamides is 1. The van der Waals surface area contributed by atoms with E-state index < -0.39 is 22.6 Å². The molecule has 1 aliphatic heterocycles. The fourth-order valence-corrected chi connectivity index (χ4v) is 4.37. The van der Waals surface area contributed by atoms with Gasteiger partial charge in [0.05, 0.1) is 17.1 Å². The molecule has 4 rings (SSSR count). The molecule has 1 aliphatic rings. The van der Waals surface area contributed by atoms with E-state index in [1.54, 1.807) is 30.3 Å². The summed E-state index contributed by atoms with van der Waals surface area (Å²) >= 11 is 0. The summed E-state index contributed by atoms with van der Waals surface area (Å²) < 4.78 is 38.2. The van der Waals surface area contributed by atoms with Crippen molar-refractivity contribution in [2.24, 2.45) is 0 Å². The van der Waals surface area contributed by atoms with Gasteiger partial charge in [-0.05, 0) is 47.5 Å². The fraction of sp³-hybridized carbons (Fsp3) is 0.167. The molecule has 0 aliphatic carbocycles. The Labute approximate surface area is 186 Å². The molecule has 0 saturated heterocycles. The van der Waals surface area contributed by atoms with Crippen LogP contribution in [0.4, 0.5) is 0 Å². The molecule has 0 fully saturated rings. The summed E-state index contributed by atoms with van der Waals surface area (Å²) in [5.41, 5.74) is 2.23. The van der Waals surface area contributed by atoms with Gasteiger partial charge in [-0.3, -0.25) is 4.79 Å². The summed E-state index contributed by atoms with van der Waals surface area (Å²) in [6.07, 6.45) is 0.732. The van der Waals surface area contributed by atoms with Crippen molar-refractivity contribution < 1.29 is 27.5 Å². The molecule has 0 atom stereocenters. The van der Waals surface area contributed by atoms with E-state index in [0.717, 1.165) is 23.3 Å². The van der Waals surface area contributed by atoms with E-state index in [4.69, 9.17) is 9.47 Å². The Morgan fingerprint density at radius 1 is 0.938 bits per heavy atom. The average Bonchev–Trinajstić information content (AvgIpc) is 3.30. The Hall–Kier alpha value is -3.49. The summed E-state index contributed by atoms with van der Waals surface area (Å²) in [6, 6.07) is 19.7. The molecular weight excluding hydrogens is 430 g/mol. The van der Waals surface area contributed by atoms with Gasteiger partial charge in [0.15, 0.2) is 12.4 Å². The third kappa shape index (κ3) is 5.04. The number of ketones is 1. The lowest BCUT2D eigenvalue weighted by Crippen LogP contribution is -2.23. The molecule has 7 nitrogen and oxygen atoms in total. The van der Waals surface area contributed by atoms with E-state index in [9.17, 15) is 18.0 Å². The minimum atomic E-state index is -3.83. The van der Waals surface area contributed by atoms with Gasteiger partial charge < -0.3 is 9.47 Å². The van der Waals surface area contributed by atoms with E-state index in [-0.39, 0.29) is 22.8 Å². The zero-order valence-electron chi connectivity index (χ0n) is 17.1. The quantitative estimate of drug-likeness (QED) is 0.417. The van der Waals surface area contributed by atoms with Gasteiger partial charge in [-0.2, -0.15) is 0 Å². The Kier molecular flexibility index (Phi) is 6.34. The van der Waals surface area contributed by atoms with Crippen LogP contribution in [0.15, 0.2) is 77.7 Å². The summed E-state index contributed by atoms with van der Waals surface area (Å²) in [5.74, 6) is -0.359. The molecule has 0 radical (unpaired) electrons. The van der Waals surface area contributed by atoms with Crippen LogP contribution in [0.25, 0.3) is 0 Å². The van der Waals surface area contributed by atoms with Gasteiger partial charge in [-0.15, -0.1) is 0 Å². The van der Waals surface area contributed by atoms with Crippen LogP contribution in [-0.4, -0.2) is 33.4 Å². The topological polar surface area (TPSA) is 98.8 Å². The number of benzene rings is 3. The molecule has 0 bridgehead atoms. The highest BCUT2D eigenvalue weighted by molar-refractivity contribution is 7.89. The monoisotopic (exact) mass is 451 g/mol. The summed E-state index contributed by atoms with van der Waals surface area (Å²) in [5, 5.41) is 0. The van der Waals surface area contributed by atoms with Crippen LogP contribution >= 0.6 is 0 Å². The second kappa shape index (κ2) is 9.33. The molecule has 1 heterocycles. The zero-order valence-corrected chi connectivity index (χ0v) is 17.9. The number of hydrogen-bond donors (Lipinski definition) is 1. The first-order valence-corrected chi connectivity index (χ1v) is 11.5. The molecule has 0 unspecified atom stereocenters. The first-order chi connectivity index (χ1) is 15.4. The number of esters is 1. The molecule has 0 aromatic heterocycles. The van der Waals surface area contributed by atoms with E-state index in [1.165, 1.54) is 24.3 Å². The molecular formula is C24H21NO6S. The van der Waals surface area contributed by atoms with Gasteiger partial charge in [-0.1, -0.05) is 36.4 Å². The molecule has 0 amide bonds. The number of hydrogen-bond acceptors (Lipinski definition) is 6. The second-order valence-electron chi connectivity index (χ2n) is 7.26. The Bertz CT molecular complexity index is 1250. The van der Waals surface area contributed by atoms with Crippen LogP contribution in [0.5, 0.6) is 5.75 Å². The molecule has 32 heavy (non-hydrogen) atoms. The van der Waals surface area contributed by atoms with Crippen molar-refractivity contribution in [1.82, 2.24) is 4.72 Å². The second-order valence-corrected chi connectivity index (χ2v) is 9.03. The molecule has 0 saturated carbocycles. The third-order valence-electron chi connectivity index (χ3n) is 5.03. The van der Waals surface area contributed by atoms with Crippen LogP contribution < -0.4 is 9.46 Å². The van der Waals surface area contributed by atoms with Crippen molar-refractivity contribution in [1.29, 1.82) is 0 Å². The number of carbonyl (C=O) groups excluding carboxylic acids is 2. The summed E-state index contributed by atoms with van der Waals surface area (Å²) in [6.45, 7) is 0.265. The van der Waals surface area contributed by atoms with Crippen molar-refractivity contribution in [2.45, 2.75) is 17.9 Å². The first kappa shape index (κ1) is 21.7. The lowest BCUT2D eigenvalue weighted by atomic mass is 10.1. The number of fused-ring (bicyclic) bond motifs is 1. The van der Waals surface area contributed by atoms with Gasteiger partial charge in [-0.25, -0.2) is 17.9 Å². The Morgan fingerprint density at radius 3 is 2.56 bits per heavy atom. The minimum absolute atomic E-state index is 0.0442. The van der Waals surface area contributed by atoms with E-state index in [0.29, 0.717) is 12.2 Å². The van der Waals surface area contributed by atoms with Gasteiger partial charge in [0.2, 0.25) is 10.0 Å². The molecule has 8 heteroatoms. The van der Waals surface area contributed by atoms with Crippen LogP contribution in [-0.2, 0) is 27.7 Å². The summed E-state index contributed by atoms with van der Waals surface area (Å²) in [4.78, 5) is 24.8. The lowest BCUT2D eigenvalue weighted by molar-refractivity contribution is 0.0474. The maximum Gasteiger partial charge on any atom is 0.338 e. The molecule has 3 aromatic rings. The van der Waals surface area contributed by atoms with Gasteiger partial charge >= 0.3 is 5.97 Å². The highest BCUT2D eigenvalue weighted by atomic mass is 32.2. The van der Waals surface area contributed by atoms with Gasteiger partial charge in [0.25, 0.3) is 0 Å². The van der Waals surface area contributed by atoms with Crippen LogP contribution in [0.2, 0.25) is 0 Å². The van der Waals surface area contributed by atoms with E-state index in [2.05, 4.69) is 4.72 Å². The number of nitrogens with one attached hydrogen (secondary N) is 1. The number of ether oxygens (including phenoxy) is 2. The van der Waals surface area contributed by atoms with Gasteiger partial charge in [0.1, 0.15) is 5.75 Å². The van der Waals surface area contributed by atoms with Crippen molar-refractivity contribution in [3.05, 3.63) is 95.1 Å². The van der Waals surface area contributed by atoms with Crippen molar-refractivity contribution >= 4 is 21.8 Å². The van der Waals surface area contributed by atoms with Gasteiger partial charge in [0, 0.05) is 18.5 Å². The summed E-state index contributed by atoms with van der Waals surface area (Å²) in [7, 11) is -3.83. The predicted molar refractivity (Wildman–Crippen MR) is 117 cm³/mol. The smallest absolute Gasteiger partial charge is 0.338 e. The van der Waals surface area contributed by atoms with E-state index >= 15 is 0 Å². The standard InChI is InChI=1S/C24H21NO6S/c26-22(18-9-10-23-19(13-18)11-12-30-23)16-31-24(27)20-7-4-8-21(14-20)32(28,29)25-15-17-5-2-1-3-6-17/h1-10,13-14,25H,11-12,15-16H2. The first-order valence-electron chi connectivity index (χ1n) is 10.0. The highest BCUT2D eigenvalue weighted by Crippen LogP contribution is 2.26. The molecule has 164 valence electrons. The maximum atomic E-state index is 12.6. The van der Waals surface area contributed by atoms with Crippen LogP contribution in [0, 0.1) is 0 Å².